The van der Waals surface area contributed by atoms with Gasteiger partial charge in [0.2, 0.25) is 5.91 Å². The summed E-state index contributed by atoms with van der Waals surface area (Å²) in [6.45, 7) is 6.23. The fourth-order valence-electron chi connectivity index (χ4n) is 2.95. The maximum atomic E-state index is 12.5. The number of amides is 2. The Balaban J connectivity index is 1.61. The van der Waals surface area contributed by atoms with Gasteiger partial charge in [-0.3, -0.25) is 14.3 Å². The molecule has 6 nitrogen and oxygen atoms in total. The van der Waals surface area contributed by atoms with Gasteiger partial charge in [0.15, 0.2) is 0 Å². The van der Waals surface area contributed by atoms with Gasteiger partial charge in [-0.25, -0.2) is 0 Å². The van der Waals surface area contributed by atoms with E-state index < -0.39 is 6.04 Å². The monoisotopic (exact) mass is 410 g/mol. The first-order valence-electron chi connectivity index (χ1n) is 9.29. The Hall–Kier alpha value is -3.12. The van der Waals surface area contributed by atoms with E-state index in [0.717, 1.165) is 17.0 Å². The van der Waals surface area contributed by atoms with Crippen LogP contribution in [0.1, 0.15) is 34.2 Å². The highest BCUT2D eigenvalue weighted by atomic mass is 35.5. The molecule has 7 heteroatoms. The molecule has 2 aromatic carbocycles. The average molecular weight is 411 g/mol. The third-order valence-corrected chi connectivity index (χ3v) is 4.73. The Kier molecular flexibility index (Phi) is 6.34. The molecule has 150 valence electrons. The van der Waals surface area contributed by atoms with Gasteiger partial charge in [0.1, 0.15) is 6.04 Å². The molecule has 0 saturated carbocycles. The number of halogens is 1. The molecule has 0 radical (unpaired) electrons. The molecule has 0 fully saturated rings. The van der Waals surface area contributed by atoms with Crippen LogP contribution in [0.25, 0.3) is 0 Å². The number of benzene rings is 2. The van der Waals surface area contributed by atoms with E-state index in [4.69, 9.17) is 11.6 Å². The van der Waals surface area contributed by atoms with Crippen LogP contribution in [-0.2, 0) is 11.3 Å². The fourth-order valence-corrected chi connectivity index (χ4v) is 3.08. The van der Waals surface area contributed by atoms with Crippen LogP contribution in [0, 0.1) is 13.8 Å². The molecule has 0 saturated heterocycles. The van der Waals surface area contributed by atoms with Gasteiger partial charge in [-0.15, -0.1) is 0 Å². The zero-order chi connectivity index (χ0) is 21.0. The second-order valence-corrected chi connectivity index (χ2v) is 7.41. The Morgan fingerprint density at radius 2 is 1.83 bits per heavy atom. The minimum atomic E-state index is -0.696. The number of nitrogens with one attached hydrogen (secondary N) is 2. The lowest BCUT2D eigenvalue weighted by Crippen LogP contribution is -2.41. The standard InChI is InChI=1S/C22H23ClN4O2/c1-14-11-15(2)27(26-14)13-17-5-4-6-20(12-17)25-21(28)16(3)24-22(29)18-7-9-19(23)10-8-18/h4-12,16H,13H2,1-3H3,(H,24,29)(H,25,28). The van der Waals surface area contributed by atoms with Crippen molar-refractivity contribution in [3.63, 3.8) is 0 Å². The van der Waals surface area contributed by atoms with Gasteiger partial charge in [-0.2, -0.15) is 5.10 Å². The molecule has 0 aliphatic heterocycles. The molecule has 3 aromatic rings. The molecule has 0 aliphatic carbocycles. The van der Waals surface area contributed by atoms with E-state index in [9.17, 15) is 9.59 Å². The molecule has 0 spiro atoms. The van der Waals surface area contributed by atoms with Crippen LogP contribution in [0.5, 0.6) is 0 Å². The molecule has 2 N–H and O–H groups in total. The molecule has 0 bridgehead atoms. The smallest absolute Gasteiger partial charge is 0.251 e. The summed E-state index contributed by atoms with van der Waals surface area (Å²) < 4.78 is 1.92. The number of hydrogen-bond donors (Lipinski definition) is 2. The number of hydrogen-bond acceptors (Lipinski definition) is 3. The zero-order valence-corrected chi connectivity index (χ0v) is 17.3. The van der Waals surface area contributed by atoms with Crippen molar-refractivity contribution in [1.29, 1.82) is 0 Å². The van der Waals surface area contributed by atoms with Crippen LogP contribution >= 0.6 is 11.6 Å². The van der Waals surface area contributed by atoms with E-state index in [0.29, 0.717) is 22.8 Å². The molecule has 1 atom stereocenters. The van der Waals surface area contributed by atoms with Crippen LogP contribution < -0.4 is 10.6 Å². The average Bonchev–Trinajstić information content (AvgIpc) is 2.99. The zero-order valence-electron chi connectivity index (χ0n) is 16.6. The summed E-state index contributed by atoms with van der Waals surface area (Å²) in [5.74, 6) is -0.627. The summed E-state index contributed by atoms with van der Waals surface area (Å²) in [7, 11) is 0. The Bertz CT molecular complexity index is 1030. The molecule has 1 unspecified atom stereocenters. The maximum Gasteiger partial charge on any atom is 0.251 e. The van der Waals surface area contributed by atoms with Gasteiger partial charge in [0.05, 0.1) is 12.2 Å². The summed E-state index contributed by atoms with van der Waals surface area (Å²) in [6.07, 6.45) is 0. The third-order valence-electron chi connectivity index (χ3n) is 4.48. The molecular formula is C22H23ClN4O2. The Morgan fingerprint density at radius 1 is 1.10 bits per heavy atom. The van der Waals surface area contributed by atoms with Crippen molar-refractivity contribution in [2.24, 2.45) is 0 Å². The molecular weight excluding hydrogens is 388 g/mol. The molecule has 1 aromatic heterocycles. The second kappa shape index (κ2) is 8.92. The summed E-state index contributed by atoms with van der Waals surface area (Å²) in [4.78, 5) is 24.8. The third kappa shape index (κ3) is 5.45. The van der Waals surface area contributed by atoms with E-state index in [1.165, 1.54) is 0 Å². The summed E-state index contributed by atoms with van der Waals surface area (Å²) in [5.41, 5.74) is 4.18. The first-order valence-corrected chi connectivity index (χ1v) is 9.67. The molecule has 29 heavy (non-hydrogen) atoms. The quantitative estimate of drug-likeness (QED) is 0.645. The first kappa shape index (κ1) is 20.6. The SMILES string of the molecule is Cc1cc(C)n(Cc2cccc(NC(=O)C(C)NC(=O)c3ccc(Cl)cc3)c2)n1. The predicted molar refractivity (Wildman–Crippen MR) is 114 cm³/mol. The minimum absolute atomic E-state index is 0.296. The lowest BCUT2D eigenvalue weighted by Gasteiger charge is -2.15. The highest BCUT2D eigenvalue weighted by Crippen LogP contribution is 2.14. The highest BCUT2D eigenvalue weighted by molar-refractivity contribution is 6.30. The largest absolute Gasteiger partial charge is 0.341 e. The van der Waals surface area contributed by atoms with Gasteiger partial charge in [-0.1, -0.05) is 23.7 Å². The van der Waals surface area contributed by atoms with Gasteiger partial charge in [0.25, 0.3) is 5.91 Å². The van der Waals surface area contributed by atoms with Crippen LogP contribution in [0.15, 0.2) is 54.6 Å². The van der Waals surface area contributed by atoms with E-state index in [2.05, 4.69) is 15.7 Å². The number of aryl methyl sites for hydroxylation is 2. The summed E-state index contributed by atoms with van der Waals surface area (Å²) >= 11 is 5.84. The van der Waals surface area contributed by atoms with Crippen molar-refractivity contribution in [1.82, 2.24) is 15.1 Å². The van der Waals surface area contributed by atoms with E-state index in [1.54, 1.807) is 31.2 Å². The van der Waals surface area contributed by atoms with Gasteiger partial charge < -0.3 is 10.6 Å². The van der Waals surface area contributed by atoms with Crippen molar-refractivity contribution in [2.75, 3.05) is 5.32 Å². The van der Waals surface area contributed by atoms with Crippen molar-refractivity contribution in [2.45, 2.75) is 33.4 Å². The molecule has 2 amide bonds. The van der Waals surface area contributed by atoms with E-state index >= 15 is 0 Å². The van der Waals surface area contributed by atoms with Crippen LogP contribution in [0.2, 0.25) is 5.02 Å². The predicted octanol–water partition coefficient (Wildman–Crippen LogP) is 3.96. The second-order valence-electron chi connectivity index (χ2n) is 6.98. The summed E-state index contributed by atoms with van der Waals surface area (Å²) in [5, 5.41) is 10.6. The van der Waals surface area contributed by atoms with Gasteiger partial charge >= 0.3 is 0 Å². The number of aromatic nitrogens is 2. The number of carbonyl (C=O) groups is 2. The molecule has 0 aliphatic rings. The van der Waals surface area contributed by atoms with Crippen molar-refractivity contribution in [3.05, 3.63) is 82.1 Å². The Labute approximate surface area is 174 Å². The number of rotatable bonds is 6. The topological polar surface area (TPSA) is 76.0 Å². The first-order chi connectivity index (χ1) is 13.8. The highest BCUT2D eigenvalue weighted by Gasteiger charge is 2.17. The van der Waals surface area contributed by atoms with Crippen molar-refractivity contribution in [3.8, 4) is 0 Å². The van der Waals surface area contributed by atoms with E-state index in [1.807, 2.05) is 48.9 Å². The normalized spacial score (nSPS) is 11.7. The molecule has 1 heterocycles. The summed E-state index contributed by atoms with van der Waals surface area (Å²) in [6, 6.07) is 15.4. The van der Waals surface area contributed by atoms with Crippen LogP contribution in [0.3, 0.4) is 0 Å². The minimum Gasteiger partial charge on any atom is -0.341 e. The number of nitrogens with zero attached hydrogens (tertiary/aromatic N) is 2. The lowest BCUT2D eigenvalue weighted by molar-refractivity contribution is -0.117. The van der Waals surface area contributed by atoms with Crippen molar-refractivity contribution < 1.29 is 9.59 Å². The van der Waals surface area contributed by atoms with Crippen LogP contribution in [0.4, 0.5) is 5.69 Å². The fraction of sp³-hybridized carbons (Fsp3) is 0.227. The maximum absolute atomic E-state index is 12.5. The van der Waals surface area contributed by atoms with Gasteiger partial charge in [-0.05, 0) is 68.8 Å². The Morgan fingerprint density at radius 3 is 2.48 bits per heavy atom. The number of anilines is 1. The number of carbonyl (C=O) groups excluding carboxylic acids is 2. The van der Waals surface area contributed by atoms with Crippen molar-refractivity contribution >= 4 is 29.1 Å². The van der Waals surface area contributed by atoms with E-state index in [-0.39, 0.29) is 11.8 Å². The van der Waals surface area contributed by atoms with Crippen LogP contribution in [-0.4, -0.2) is 27.6 Å². The van der Waals surface area contributed by atoms with Gasteiger partial charge in [0, 0.05) is 22.0 Å². The lowest BCUT2D eigenvalue weighted by atomic mass is 10.1. The molecule has 3 rings (SSSR count).